The summed E-state index contributed by atoms with van der Waals surface area (Å²) in [6.07, 6.45) is 3.50. The van der Waals surface area contributed by atoms with Gasteiger partial charge in [-0.2, -0.15) is 5.10 Å². The van der Waals surface area contributed by atoms with E-state index in [1.165, 1.54) is 13.3 Å². The number of methoxy groups -OCH3 is 1. The first kappa shape index (κ1) is 25.0. The average Bonchev–Trinajstić information content (AvgIpc) is 2.85. The Kier molecular flexibility index (Phi) is 9.22. The van der Waals surface area contributed by atoms with Crippen LogP contribution in [0.3, 0.4) is 0 Å². The van der Waals surface area contributed by atoms with Crippen LogP contribution in [0.15, 0.2) is 76.3 Å². The normalized spacial score (nSPS) is 10.7. The Morgan fingerprint density at radius 3 is 2.50 bits per heavy atom. The predicted molar refractivity (Wildman–Crippen MR) is 134 cm³/mol. The minimum absolute atomic E-state index is 0.270. The maximum absolute atomic E-state index is 12.5. The molecule has 8 heteroatoms. The van der Waals surface area contributed by atoms with Crippen LogP contribution in [0.5, 0.6) is 17.2 Å². The second-order valence-electron chi connectivity index (χ2n) is 7.24. The number of nitrogens with zero attached hydrogens (tertiary/aromatic N) is 1. The minimum Gasteiger partial charge on any atom is -0.494 e. The largest absolute Gasteiger partial charge is 0.494 e. The number of hydrogen-bond donors (Lipinski definition) is 1. The first-order chi connectivity index (χ1) is 16.5. The standard InChI is InChI=1S/C26H25BrN2O5/c1-3-4-14-33-22-11-9-19(10-12-22)26(31)34-23-13-8-18(15-24(23)32-2)17-28-29-25(30)20-6-5-7-21(27)16-20/h5-13,15-17H,3-4,14H2,1-2H3,(H,29,30)/b28-17+. The van der Waals surface area contributed by atoms with E-state index in [1.807, 2.05) is 6.07 Å². The van der Waals surface area contributed by atoms with Gasteiger partial charge in [0.05, 0.1) is 25.5 Å². The Morgan fingerprint density at radius 1 is 1.00 bits per heavy atom. The third-order valence-corrected chi connectivity index (χ3v) is 5.21. The van der Waals surface area contributed by atoms with Crippen molar-refractivity contribution < 1.29 is 23.8 Å². The summed E-state index contributed by atoms with van der Waals surface area (Å²) in [6, 6.07) is 18.7. The quantitative estimate of drug-likeness (QED) is 0.122. The molecule has 0 aliphatic carbocycles. The predicted octanol–water partition coefficient (Wildman–Crippen LogP) is 5.62. The number of rotatable bonds is 10. The fourth-order valence-electron chi connectivity index (χ4n) is 2.89. The zero-order chi connectivity index (χ0) is 24.3. The van der Waals surface area contributed by atoms with Crippen LogP contribution in [0.25, 0.3) is 0 Å². The Bertz CT molecular complexity index is 1160. The van der Waals surface area contributed by atoms with E-state index in [-0.39, 0.29) is 11.7 Å². The van der Waals surface area contributed by atoms with E-state index in [2.05, 4.69) is 33.4 Å². The minimum atomic E-state index is -0.513. The molecule has 0 fully saturated rings. The van der Waals surface area contributed by atoms with Gasteiger partial charge in [-0.15, -0.1) is 0 Å². The lowest BCUT2D eigenvalue weighted by Gasteiger charge is -2.10. The van der Waals surface area contributed by atoms with E-state index in [0.29, 0.717) is 34.8 Å². The molecule has 0 saturated heterocycles. The van der Waals surface area contributed by atoms with E-state index in [9.17, 15) is 9.59 Å². The zero-order valence-corrected chi connectivity index (χ0v) is 20.5. The molecule has 0 unspecified atom stereocenters. The number of hydrogen-bond acceptors (Lipinski definition) is 6. The van der Waals surface area contributed by atoms with E-state index in [1.54, 1.807) is 60.7 Å². The second kappa shape index (κ2) is 12.6. The monoisotopic (exact) mass is 524 g/mol. The Balaban J connectivity index is 1.61. The molecule has 0 aliphatic heterocycles. The summed E-state index contributed by atoms with van der Waals surface area (Å²) < 4.78 is 17.3. The van der Waals surface area contributed by atoms with Gasteiger partial charge in [-0.1, -0.05) is 35.3 Å². The number of esters is 1. The van der Waals surface area contributed by atoms with Gasteiger partial charge >= 0.3 is 5.97 Å². The zero-order valence-electron chi connectivity index (χ0n) is 18.9. The van der Waals surface area contributed by atoms with E-state index >= 15 is 0 Å². The smallest absolute Gasteiger partial charge is 0.343 e. The van der Waals surface area contributed by atoms with Crippen molar-refractivity contribution in [2.45, 2.75) is 19.8 Å². The lowest BCUT2D eigenvalue weighted by molar-refractivity contribution is 0.0729. The van der Waals surface area contributed by atoms with Crippen molar-refractivity contribution in [2.24, 2.45) is 5.10 Å². The molecule has 0 radical (unpaired) electrons. The van der Waals surface area contributed by atoms with Gasteiger partial charge in [0, 0.05) is 10.0 Å². The summed E-state index contributed by atoms with van der Waals surface area (Å²) in [5.41, 5.74) is 4.00. The SMILES string of the molecule is CCCCOc1ccc(C(=O)Oc2ccc(/C=N/NC(=O)c3cccc(Br)c3)cc2OC)cc1. The highest BCUT2D eigenvalue weighted by Gasteiger charge is 2.13. The van der Waals surface area contributed by atoms with Gasteiger partial charge in [-0.05, 0) is 72.6 Å². The maximum atomic E-state index is 12.5. The molecule has 0 bridgehead atoms. The molecule has 0 atom stereocenters. The first-order valence-corrected chi connectivity index (χ1v) is 11.5. The highest BCUT2D eigenvalue weighted by Crippen LogP contribution is 2.28. The number of unbranched alkanes of at least 4 members (excludes halogenated alkanes) is 1. The second-order valence-corrected chi connectivity index (χ2v) is 8.15. The van der Waals surface area contributed by atoms with E-state index in [4.69, 9.17) is 14.2 Å². The lowest BCUT2D eigenvalue weighted by atomic mass is 10.2. The van der Waals surface area contributed by atoms with Gasteiger partial charge in [-0.25, -0.2) is 10.2 Å². The van der Waals surface area contributed by atoms with Crippen LogP contribution in [0.4, 0.5) is 0 Å². The van der Waals surface area contributed by atoms with E-state index < -0.39 is 5.97 Å². The van der Waals surface area contributed by atoms with Gasteiger partial charge in [-0.3, -0.25) is 4.79 Å². The first-order valence-electron chi connectivity index (χ1n) is 10.7. The topological polar surface area (TPSA) is 86.2 Å². The fraction of sp³-hybridized carbons (Fsp3) is 0.192. The maximum Gasteiger partial charge on any atom is 0.343 e. The van der Waals surface area contributed by atoms with Crippen LogP contribution in [0.2, 0.25) is 0 Å². The molecule has 0 aromatic heterocycles. The summed E-state index contributed by atoms with van der Waals surface area (Å²) in [5.74, 6) is 0.484. The number of amides is 1. The number of carbonyl (C=O) groups is 2. The molecule has 3 rings (SSSR count). The molecule has 0 spiro atoms. The summed E-state index contributed by atoms with van der Waals surface area (Å²) in [5, 5.41) is 3.98. The van der Waals surface area contributed by atoms with Crippen molar-refractivity contribution in [1.82, 2.24) is 5.43 Å². The van der Waals surface area contributed by atoms with Crippen LogP contribution in [-0.2, 0) is 0 Å². The average molecular weight is 525 g/mol. The van der Waals surface area contributed by atoms with Gasteiger partial charge < -0.3 is 14.2 Å². The molecule has 0 aliphatic rings. The fourth-order valence-corrected chi connectivity index (χ4v) is 3.29. The van der Waals surface area contributed by atoms with Crippen molar-refractivity contribution in [1.29, 1.82) is 0 Å². The summed E-state index contributed by atoms with van der Waals surface area (Å²) in [7, 11) is 1.48. The van der Waals surface area contributed by atoms with Crippen LogP contribution in [0, 0.1) is 0 Å². The molecular weight excluding hydrogens is 500 g/mol. The number of hydrazone groups is 1. The summed E-state index contributed by atoms with van der Waals surface area (Å²) in [6.45, 7) is 2.74. The highest BCUT2D eigenvalue weighted by molar-refractivity contribution is 9.10. The van der Waals surface area contributed by atoms with Crippen molar-refractivity contribution >= 4 is 34.0 Å². The number of ether oxygens (including phenoxy) is 3. The summed E-state index contributed by atoms with van der Waals surface area (Å²) >= 11 is 3.33. The third-order valence-electron chi connectivity index (χ3n) is 4.71. The molecule has 3 aromatic carbocycles. The molecule has 7 nitrogen and oxygen atoms in total. The van der Waals surface area contributed by atoms with Crippen LogP contribution >= 0.6 is 15.9 Å². The highest BCUT2D eigenvalue weighted by atomic mass is 79.9. The third kappa shape index (κ3) is 7.18. The van der Waals surface area contributed by atoms with Crippen molar-refractivity contribution in [3.63, 3.8) is 0 Å². The molecule has 176 valence electrons. The van der Waals surface area contributed by atoms with Crippen LogP contribution < -0.4 is 19.6 Å². The molecule has 0 heterocycles. The number of nitrogens with one attached hydrogen (secondary N) is 1. The lowest BCUT2D eigenvalue weighted by Crippen LogP contribution is -2.17. The van der Waals surface area contributed by atoms with Crippen molar-refractivity contribution in [3.05, 3.63) is 87.9 Å². The van der Waals surface area contributed by atoms with Gasteiger partial charge in [0.25, 0.3) is 5.91 Å². The molecular formula is C26H25BrN2O5. The van der Waals surface area contributed by atoms with Gasteiger partial charge in [0.15, 0.2) is 11.5 Å². The number of halogens is 1. The van der Waals surface area contributed by atoms with Crippen LogP contribution in [0.1, 0.15) is 46.0 Å². The van der Waals surface area contributed by atoms with Crippen molar-refractivity contribution in [2.75, 3.05) is 13.7 Å². The molecule has 0 saturated carbocycles. The molecule has 3 aromatic rings. The van der Waals surface area contributed by atoms with Gasteiger partial charge in [0.2, 0.25) is 0 Å². The Labute approximate surface area is 206 Å². The summed E-state index contributed by atoms with van der Waals surface area (Å²) in [4.78, 5) is 24.7. The van der Waals surface area contributed by atoms with Gasteiger partial charge in [0.1, 0.15) is 5.75 Å². The number of benzene rings is 3. The Morgan fingerprint density at radius 2 is 1.79 bits per heavy atom. The van der Waals surface area contributed by atoms with E-state index in [0.717, 1.165) is 17.3 Å². The number of carbonyl (C=O) groups excluding carboxylic acids is 2. The molecule has 1 N–H and O–H groups in total. The van der Waals surface area contributed by atoms with Crippen LogP contribution in [-0.4, -0.2) is 31.8 Å². The molecule has 1 amide bonds. The molecule has 34 heavy (non-hydrogen) atoms. The van der Waals surface area contributed by atoms with Crippen molar-refractivity contribution in [3.8, 4) is 17.2 Å². The Hall–Kier alpha value is -3.65.